The third kappa shape index (κ3) is 5.37. The highest BCUT2D eigenvalue weighted by Gasteiger charge is 2.48. The Labute approximate surface area is 147 Å². The largest absolute Gasteiger partial charge is 0.550 e. The lowest BCUT2D eigenvalue weighted by molar-refractivity contribution is -0.333. The predicted molar refractivity (Wildman–Crippen MR) is 81.2 cm³/mol. The molecule has 0 aromatic heterocycles. The van der Waals surface area contributed by atoms with E-state index in [1.807, 2.05) is 0 Å². The highest BCUT2D eigenvalue weighted by molar-refractivity contribution is 5.75. The summed E-state index contributed by atoms with van der Waals surface area (Å²) in [6.07, 6.45) is -1.37. The summed E-state index contributed by atoms with van der Waals surface area (Å²) in [7, 11) is 0. The SMILES string of the molecule is CCC(OCC1CO1)C(CCC(=O)[O-])(C(=O)[O-])C(CC)OCC1CO1. The molecule has 144 valence electrons. The van der Waals surface area contributed by atoms with Crippen molar-refractivity contribution in [3.8, 4) is 0 Å². The molecule has 4 unspecified atom stereocenters. The zero-order valence-electron chi connectivity index (χ0n) is 14.7. The smallest absolute Gasteiger partial charge is 0.104 e. The molecule has 2 rings (SSSR count). The molecule has 0 amide bonds. The first-order chi connectivity index (χ1) is 11.9. The van der Waals surface area contributed by atoms with Gasteiger partial charge in [-0.2, -0.15) is 0 Å². The summed E-state index contributed by atoms with van der Waals surface area (Å²) in [5.74, 6) is -2.67. The first-order valence-corrected chi connectivity index (χ1v) is 8.81. The molecule has 8 heteroatoms. The van der Waals surface area contributed by atoms with Crippen LogP contribution >= 0.6 is 0 Å². The van der Waals surface area contributed by atoms with Crippen LogP contribution in [0, 0.1) is 5.41 Å². The molecule has 0 radical (unpaired) electrons. The van der Waals surface area contributed by atoms with E-state index in [1.54, 1.807) is 13.8 Å². The number of epoxide rings is 2. The fourth-order valence-corrected chi connectivity index (χ4v) is 3.24. The van der Waals surface area contributed by atoms with Gasteiger partial charge in [0.05, 0.1) is 50.0 Å². The number of hydrogen-bond acceptors (Lipinski definition) is 8. The van der Waals surface area contributed by atoms with Crippen molar-refractivity contribution in [1.29, 1.82) is 0 Å². The van der Waals surface area contributed by atoms with E-state index in [-0.39, 0.29) is 31.8 Å². The van der Waals surface area contributed by atoms with E-state index in [9.17, 15) is 19.8 Å². The van der Waals surface area contributed by atoms with Crippen LogP contribution in [0.25, 0.3) is 0 Å². The molecule has 0 bridgehead atoms. The zero-order valence-corrected chi connectivity index (χ0v) is 14.7. The van der Waals surface area contributed by atoms with Crippen molar-refractivity contribution < 1.29 is 38.7 Å². The van der Waals surface area contributed by atoms with E-state index in [4.69, 9.17) is 18.9 Å². The van der Waals surface area contributed by atoms with E-state index in [0.29, 0.717) is 26.1 Å². The van der Waals surface area contributed by atoms with Gasteiger partial charge in [0.2, 0.25) is 0 Å². The van der Waals surface area contributed by atoms with E-state index in [2.05, 4.69) is 0 Å². The molecule has 8 nitrogen and oxygen atoms in total. The van der Waals surface area contributed by atoms with Crippen LogP contribution < -0.4 is 10.2 Å². The Balaban J connectivity index is 2.21. The molecule has 0 saturated carbocycles. The summed E-state index contributed by atoms with van der Waals surface area (Å²) in [6.45, 7) is 5.29. The van der Waals surface area contributed by atoms with Gasteiger partial charge in [0, 0.05) is 5.97 Å². The summed E-state index contributed by atoms with van der Waals surface area (Å²) in [6, 6.07) is 0. The Bertz CT molecular complexity index is 434. The fourth-order valence-electron chi connectivity index (χ4n) is 3.24. The van der Waals surface area contributed by atoms with Crippen molar-refractivity contribution in [2.45, 2.75) is 63.9 Å². The lowest BCUT2D eigenvalue weighted by atomic mass is 9.71. The second-order valence-electron chi connectivity index (χ2n) is 6.57. The first kappa shape index (κ1) is 20.1. The maximum atomic E-state index is 12.2. The minimum absolute atomic E-state index is 0.0319. The van der Waals surface area contributed by atoms with Gasteiger partial charge in [0.15, 0.2) is 0 Å². The van der Waals surface area contributed by atoms with Gasteiger partial charge in [0.25, 0.3) is 0 Å². The van der Waals surface area contributed by atoms with Gasteiger partial charge in [-0.15, -0.1) is 0 Å². The molecular weight excluding hydrogens is 332 g/mol. The summed E-state index contributed by atoms with van der Waals surface area (Å²) in [5.41, 5.74) is -1.58. The predicted octanol–water partition coefficient (Wildman–Crippen LogP) is -1.36. The van der Waals surface area contributed by atoms with Crippen LogP contribution in [0.2, 0.25) is 0 Å². The minimum Gasteiger partial charge on any atom is -0.550 e. The lowest BCUT2D eigenvalue weighted by Gasteiger charge is -2.46. The molecule has 2 saturated heterocycles. The van der Waals surface area contributed by atoms with Crippen molar-refractivity contribution in [2.75, 3.05) is 26.4 Å². The molecular formula is C17H26O8-2. The number of carbonyl (C=O) groups is 2. The molecule has 0 aromatic rings. The Morgan fingerprint density at radius 2 is 1.48 bits per heavy atom. The van der Waals surface area contributed by atoms with Crippen LogP contribution in [0.15, 0.2) is 0 Å². The third-order valence-electron chi connectivity index (χ3n) is 4.78. The normalized spacial score (nSPS) is 26.5. The van der Waals surface area contributed by atoms with Gasteiger partial charge in [-0.1, -0.05) is 13.8 Å². The summed E-state index contributed by atoms with van der Waals surface area (Å²) in [4.78, 5) is 23.2. The molecule has 2 aliphatic heterocycles. The first-order valence-electron chi connectivity index (χ1n) is 8.81. The van der Waals surface area contributed by atoms with E-state index in [0.717, 1.165) is 0 Å². The standard InChI is InChI=1S/C17H28O8/c1-3-13(24-9-11-7-22-11)17(16(20)21,6-5-15(18)19)14(4-2)25-10-12-8-23-12/h11-14H,3-10H2,1-2H3,(H,18,19)(H,20,21)/p-2. The summed E-state index contributed by atoms with van der Waals surface area (Å²) in [5, 5.41) is 23.2. The second kappa shape index (κ2) is 8.93. The van der Waals surface area contributed by atoms with E-state index < -0.39 is 36.0 Å². The number of rotatable bonds is 14. The minimum atomic E-state index is -1.58. The molecule has 0 spiro atoms. The number of carboxylic acid groups (broad SMARTS) is 2. The highest BCUT2D eigenvalue weighted by atomic mass is 16.6. The number of aliphatic carboxylic acids is 2. The fraction of sp³-hybridized carbons (Fsp3) is 0.882. The van der Waals surface area contributed by atoms with Crippen molar-refractivity contribution in [1.82, 2.24) is 0 Å². The van der Waals surface area contributed by atoms with Crippen molar-refractivity contribution in [3.05, 3.63) is 0 Å². The number of carbonyl (C=O) groups excluding carboxylic acids is 2. The average Bonchev–Trinajstić information content (AvgIpc) is 3.46. The van der Waals surface area contributed by atoms with Crippen LogP contribution in [-0.4, -0.2) is 62.8 Å². The van der Waals surface area contributed by atoms with E-state index >= 15 is 0 Å². The highest BCUT2D eigenvalue weighted by Crippen LogP contribution is 2.39. The van der Waals surface area contributed by atoms with Crippen molar-refractivity contribution >= 4 is 11.9 Å². The van der Waals surface area contributed by atoms with Crippen molar-refractivity contribution in [3.63, 3.8) is 0 Å². The van der Waals surface area contributed by atoms with Crippen LogP contribution in [0.5, 0.6) is 0 Å². The van der Waals surface area contributed by atoms with Crippen LogP contribution in [0.1, 0.15) is 39.5 Å². The van der Waals surface area contributed by atoms with Crippen molar-refractivity contribution in [2.24, 2.45) is 5.41 Å². The van der Waals surface area contributed by atoms with E-state index in [1.165, 1.54) is 0 Å². The number of ether oxygens (including phenoxy) is 4. The lowest BCUT2D eigenvalue weighted by Crippen LogP contribution is -2.59. The van der Waals surface area contributed by atoms with Gasteiger partial charge in [0.1, 0.15) is 12.2 Å². The molecule has 2 heterocycles. The second-order valence-corrected chi connectivity index (χ2v) is 6.57. The molecule has 2 aliphatic rings. The van der Waals surface area contributed by atoms with Crippen LogP contribution in [-0.2, 0) is 28.5 Å². The molecule has 0 aromatic carbocycles. The molecule has 0 aliphatic carbocycles. The quantitative estimate of drug-likeness (QED) is 0.349. The summed E-state index contributed by atoms with van der Waals surface area (Å²) >= 11 is 0. The topological polar surface area (TPSA) is 124 Å². The van der Waals surface area contributed by atoms with Gasteiger partial charge >= 0.3 is 0 Å². The average molecular weight is 358 g/mol. The third-order valence-corrected chi connectivity index (χ3v) is 4.78. The maximum Gasteiger partial charge on any atom is 0.104 e. The Hall–Kier alpha value is -1.22. The Morgan fingerprint density at radius 3 is 1.76 bits per heavy atom. The monoisotopic (exact) mass is 358 g/mol. The molecule has 4 atom stereocenters. The van der Waals surface area contributed by atoms with Gasteiger partial charge in [-0.3, -0.25) is 0 Å². The maximum absolute atomic E-state index is 12.2. The number of hydrogen-bond donors (Lipinski definition) is 0. The number of carboxylic acids is 2. The molecule has 0 N–H and O–H groups in total. The van der Waals surface area contributed by atoms with Crippen LogP contribution in [0.3, 0.4) is 0 Å². The summed E-state index contributed by atoms with van der Waals surface area (Å²) < 4.78 is 21.8. The molecule has 25 heavy (non-hydrogen) atoms. The molecule has 2 fully saturated rings. The van der Waals surface area contributed by atoms with Crippen LogP contribution in [0.4, 0.5) is 0 Å². The van der Waals surface area contributed by atoms with Gasteiger partial charge < -0.3 is 38.7 Å². The Morgan fingerprint density at radius 1 is 1.04 bits per heavy atom. The zero-order chi connectivity index (χ0) is 18.4. The van der Waals surface area contributed by atoms with Gasteiger partial charge in [-0.05, 0) is 25.7 Å². The Kier molecular flexibility index (Phi) is 7.18. The van der Waals surface area contributed by atoms with Gasteiger partial charge in [-0.25, -0.2) is 0 Å².